The first kappa shape index (κ1) is 12.7. The van der Waals surface area contributed by atoms with Gasteiger partial charge in [0.25, 0.3) is 5.91 Å². The molecule has 0 aliphatic rings. The lowest BCUT2D eigenvalue weighted by atomic mass is 10.1. The lowest BCUT2D eigenvalue weighted by molar-refractivity contribution is 0.0686. The Morgan fingerprint density at radius 1 is 1.21 bits per heavy atom. The maximum atomic E-state index is 13.4. The highest BCUT2D eigenvalue weighted by Gasteiger charge is 2.18. The summed E-state index contributed by atoms with van der Waals surface area (Å²) >= 11 is 0. The summed E-state index contributed by atoms with van der Waals surface area (Å²) in [5.41, 5.74) is -1.09. The summed E-state index contributed by atoms with van der Waals surface area (Å²) in [6.45, 7) is 0. The zero-order chi connectivity index (χ0) is 14.0. The molecule has 1 aromatic carbocycles. The number of carbonyl (C=O) groups is 2. The first-order chi connectivity index (χ1) is 8.99. The Bertz CT molecular complexity index is 614. The van der Waals surface area contributed by atoms with Crippen LogP contribution in [0, 0.1) is 11.6 Å². The maximum absolute atomic E-state index is 13.4. The van der Waals surface area contributed by atoms with E-state index in [1.807, 2.05) is 0 Å². The number of carbonyl (C=O) groups excluding carboxylic acids is 1. The number of benzene rings is 1. The van der Waals surface area contributed by atoms with Crippen LogP contribution in [-0.2, 0) is 0 Å². The first-order valence-electron chi connectivity index (χ1n) is 5.05. The normalized spacial score (nSPS) is 10.2. The zero-order valence-electron chi connectivity index (χ0n) is 9.31. The van der Waals surface area contributed by atoms with Gasteiger partial charge in [0, 0.05) is 5.69 Å². The summed E-state index contributed by atoms with van der Waals surface area (Å²) in [5, 5.41) is 10.8. The Morgan fingerprint density at radius 2 is 1.84 bits per heavy atom. The van der Waals surface area contributed by atoms with Crippen molar-refractivity contribution in [3.05, 3.63) is 53.5 Å². The molecule has 1 aromatic heterocycles. The van der Waals surface area contributed by atoms with Gasteiger partial charge in [-0.25, -0.2) is 13.6 Å². The van der Waals surface area contributed by atoms with E-state index in [1.165, 1.54) is 12.3 Å². The molecule has 1 amide bonds. The average molecular weight is 267 g/mol. The molecular weight excluding hydrogens is 260 g/mol. The van der Waals surface area contributed by atoms with Gasteiger partial charge in [-0.3, -0.25) is 4.79 Å². The molecule has 0 aliphatic heterocycles. The van der Waals surface area contributed by atoms with Gasteiger partial charge in [0.05, 0.1) is 11.8 Å². The van der Waals surface area contributed by atoms with Crippen LogP contribution in [0.3, 0.4) is 0 Å². The van der Waals surface area contributed by atoms with E-state index in [0.717, 1.165) is 18.4 Å². The highest BCUT2D eigenvalue weighted by atomic mass is 19.1. The van der Waals surface area contributed by atoms with E-state index >= 15 is 0 Å². The number of halogens is 2. The summed E-state index contributed by atoms with van der Waals surface area (Å²) in [6, 6.07) is 2.82. The second-order valence-corrected chi connectivity index (χ2v) is 3.59. The van der Waals surface area contributed by atoms with E-state index in [1.54, 1.807) is 0 Å². The molecular formula is C12H7F2NO4. The number of carboxylic acids is 1. The number of anilines is 1. The smallest absolute Gasteiger partial charge is 0.341 e. The van der Waals surface area contributed by atoms with Crippen LogP contribution in [0.1, 0.15) is 20.7 Å². The Hall–Kier alpha value is -2.70. The van der Waals surface area contributed by atoms with Crippen LogP contribution in [0.15, 0.2) is 35.1 Å². The van der Waals surface area contributed by atoms with Crippen molar-refractivity contribution in [1.82, 2.24) is 0 Å². The van der Waals surface area contributed by atoms with Crippen LogP contribution in [0.25, 0.3) is 0 Å². The molecule has 0 unspecified atom stereocenters. The molecule has 0 fully saturated rings. The number of aromatic carboxylic acids is 1. The average Bonchev–Trinajstić information content (AvgIpc) is 2.80. The molecule has 0 saturated carbocycles. The third kappa shape index (κ3) is 2.59. The number of rotatable bonds is 3. The molecule has 0 spiro atoms. The molecule has 98 valence electrons. The van der Waals surface area contributed by atoms with Crippen molar-refractivity contribution in [3.8, 4) is 0 Å². The van der Waals surface area contributed by atoms with Gasteiger partial charge in [-0.15, -0.1) is 0 Å². The predicted molar refractivity (Wildman–Crippen MR) is 60.0 cm³/mol. The van der Waals surface area contributed by atoms with Gasteiger partial charge in [-0.05, 0) is 18.2 Å². The molecule has 0 saturated heterocycles. The Balaban J connectivity index is 2.28. The fourth-order valence-electron chi connectivity index (χ4n) is 1.45. The van der Waals surface area contributed by atoms with Crippen LogP contribution in [0.4, 0.5) is 14.5 Å². The molecule has 5 nitrogen and oxygen atoms in total. The van der Waals surface area contributed by atoms with Crippen molar-refractivity contribution < 1.29 is 27.9 Å². The van der Waals surface area contributed by atoms with Gasteiger partial charge in [-0.1, -0.05) is 0 Å². The standard InChI is InChI=1S/C12H7F2NO4/c13-8-3-7(4-9(14)10(8)12(17)18)15-11(16)6-1-2-19-5-6/h1-5H,(H,15,16)(H,17,18). The minimum atomic E-state index is -1.72. The van der Waals surface area contributed by atoms with Crippen molar-refractivity contribution in [2.45, 2.75) is 0 Å². The van der Waals surface area contributed by atoms with Crippen LogP contribution < -0.4 is 5.32 Å². The molecule has 0 radical (unpaired) electrons. The second-order valence-electron chi connectivity index (χ2n) is 3.59. The molecule has 1 heterocycles. The highest BCUT2D eigenvalue weighted by Crippen LogP contribution is 2.19. The fraction of sp³-hybridized carbons (Fsp3) is 0. The van der Waals surface area contributed by atoms with E-state index in [0.29, 0.717) is 0 Å². The Kier molecular flexibility index (Phi) is 3.28. The summed E-state index contributed by atoms with van der Waals surface area (Å²) in [4.78, 5) is 22.2. The summed E-state index contributed by atoms with van der Waals surface area (Å²) in [6.07, 6.45) is 2.43. The van der Waals surface area contributed by atoms with Gasteiger partial charge in [0.1, 0.15) is 23.5 Å². The third-order valence-corrected chi connectivity index (χ3v) is 2.30. The topological polar surface area (TPSA) is 79.5 Å². The van der Waals surface area contributed by atoms with Crippen molar-refractivity contribution in [2.24, 2.45) is 0 Å². The monoisotopic (exact) mass is 267 g/mol. The van der Waals surface area contributed by atoms with Crippen molar-refractivity contribution >= 4 is 17.6 Å². The Morgan fingerprint density at radius 3 is 2.32 bits per heavy atom. The van der Waals surface area contributed by atoms with Gasteiger partial charge in [-0.2, -0.15) is 0 Å². The number of hydrogen-bond acceptors (Lipinski definition) is 3. The first-order valence-corrected chi connectivity index (χ1v) is 5.05. The van der Waals surface area contributed by atoms with E-state index in [-0.39, 0.29) is 11.3 Å². The van der Waals surface area contributed by atoms with E-state index < -0.39 is 29.1 Å². The highest BCUT2D eigenvalue weighted by molar-refractivity contribution is 6.04. The third-order valence-electron chi connectivity index (χ3n) is 2.30. The number of nitrogens with one attached hydrogen (secondary N) is 1. The molecule has 0 aliphatic carbocycles. The van der Waals surface area contributed by atoms with E-state index in [9.17, 15) is 18.4 Å². The molecule has 19 heavy (non-hydrogen) atoms. The summed E-state index contributed by atoms with van der Waals surface area (Å²) < 4.78 is 31.4. The molecule has 2 N–H and O–H groups in total. The zero-order valence-corrected chi connectivity index (χ0v) is 9.31. The van der Waals surface area contributed by atoms with Gasteiger partial charge < -0.3 is 14.8 Å². The lowest BCUT2D eigenvalue weighted by Gasteiger charge is -2.06. The molecule has 2 rings (SSSR count). The van der Waals surface area contributed by atoms with Crippen molar-refractivity contribution in [1.29, 1.82) is 0 Å². The van der Waals surface area contributed by atoms with E-state index in [2.05, 4.69) is 9.73 Å². The van der Waals surface area contributed by atoms with Crippen LogP contribution in [-0.4, -0.2) is 17.0 Å². The quantitative estimate of drug-likeness (QED) is 0.895. The van der Waals surface area contributed by atoms with Gasteiger partial charge in [0.2, 0.25) is 0 Å². The largest absolute Gasteiger partial charge is 0.477 e. The minimum Gasteiger partial charge on any atom is -0.477 e. The van der Waals surface area contributed by atoms with Crippen LogP contribution in [0.5, 0.6) is 0 Å². The number of amides is 1. The maximum Gasteiger partial charge on any atom is 0.341 e. The second kappa shape index (κ2) is 4.89. The van der Waals surface area contributed by atoms with Gasteiger partial charge in [0.15, 0.2) is 0 Å². The molecule has 0 bridgehead atoms. The summed E-state index contributed by atoms with van der Waals surface area (Å²) in [5.74, 6) is -4.89. The van der Waals surface area contributed by atoms with Crippen LogP contribution >= 0.6 is 0 Å². The van der Waals surface area contributed by atoms with Gasteiger partial charge >= 0.3 is 5.97 Å². The van der Waals surface area contributed by atoms with Crippen molar-refractivity contribution in [3.63, 3.8) is 0 Å². The molecule has 0 atom stereocenters. The minimum absolute atomic E-state index is 0.170. The fourth-order valence-corrected chi connectivity index (χ4v) is 1.45. The van der Waals surface area contributed by atoms with Crippen molar-refractivity contribution in [2.75, 3.05) is 5.32 Å². The summed E-state index contributed by atoms with van der Waals surface area (Å²) in [7, 11) is 0. The lowest BCUT2D eigenvalue weighted by Crippen LogP contribution is -2.13. The van der Waals surface area contributed by atoms with E-state index in [4.69, 9.17) is 5.11 Å². The number of hydrogen-bond donors (Lipinski definition) is 2. The molecule has 2 aromatic rings. The number of carboxylic acid groups (broad SMARTS) is 1. The SMILES string of the molecule is O=C(Nc1cc(F)c(C(=O)O)c(F)c1)c1ccoc1. The molecule has 7 heteroatoms. The Labute approximate surface area is 105 Å². The predicted octanol–water partition coefficient (Wildman–Crippen LogP) is 2.51. The van der Waals surface area contributed by atoms with Crippen LogP contribution in [0.2, 0.25) is 0 Å². The number of furan rings is 1.